The van der Waals surface area contributed by atoms with Crippen LogP contribution in [0.4, 0.5) is 0 Å². The van der Waals surface area contributed by atoms with Gasteiger partial charge in [0.15, 0.2) is 11.5 Å². The second-order valence-electron chi connectivity index (χ2n) is 5.12. The molecule has 2 rings (SSSR count). The Kier molecular flexibility index (Phi) is 6.39. The first-order chi connectivity index (χ1) is 12.1. The molecule has 0 heterocycles. The molecule has 0 radical (unpaired) electrons. The summed E-state index contributed by atoms with van der Waals surface area (Å²) in [5.74, 6) is 0.141. The fourth-order valence-corrected chi connectivity index (χ4v) is 2.04. The molecule has 0 aliphatic rings. The maximum absolute atomic E-state index is 12.2. The van der Waals surface area contributed by atoms with Gasteiger partial charge in [0.25, 0.3) is 0 Å². The van der Waals surface area contributed by atoms with Crippen LogP contribution in [0.3, 0.4) is 0 Å². The van der Waals surface area contributed by atoms with Crippen molar-refractivity contribution in [1.82, 2.24) is 0 Å². The van der Waals surface area contributed by atoms with Gasteiger partial charge >= 0.3 is 11.9 Å². The topological polar surface area (TPSA) is 71.1 Å². The fraction of sp³-hybridized carbons (Fsp3) is 0.263. The van der Waals surface area contributed by atoms with E-state index in [4.69, 9.17) is 18.9 Å². The Morgan fingerprint density at radius 3 is 2.12 bits per heavy atom. The van der Waals surface area contributed by atoms with E-state index < -0.39 is 11.9 Å². The van der Waals surface area contributed by atoms with Crippen LogP contribution in [0.2, 0.25) is 0 Å². The molecule has 0 amide bonds. The number of hydrogen-bond acceptors (Lipinski definition) is 6. The zero-order valence-electron chi connectivity index (χ0n) is 14.4. The lowest BCUT2D eigenvalue weighted by atomic mass is 10.2. The lowest BCUT2D eigenvalue weighted by Crippen LogP contribution is -2.10. The van der Waals surface area contributed by atoms with E-state index in [0.29, 0.717) is 23.5 Å². The van der Waals surface area contributed by atoms with E-state index in [-0.39, 0.29) is 11.5 Å². The van der Waals surface area contributed by atoms with Crippen LogP contribution in [0.5, 0.6) is 17.2 Å². The largest absolute Gasteiger partial charge is 0.497 e. The average molecular weight is 344 g/mol. The molecule has 25 heavy (non-hydrogen) atoms. The third-order valence-corrected chi connectivity index (χ3v) is 3.36. The van der Waals surface area contributed by atoms with Gasteiger partial charge in [-0.25, -0.2) is 9.59 Å². The van der Waals surface area contributed by atoms with Gasteiger partial charge in [-0.2, -0.15) is 0 Å². The molecule has 0 spiro atoms. The molecule has 2 aromatic carbocycles. The van der Waals surface area contributed by atoms with E-state index in [1.165, 1.54) is 25.3 Å². The van der Waals surface area contributed by atoms with Crippen molar-refractivity contribution < 1.29 is 28.5 Å². The third kappa shape index (κ3) is 4.73. The molecule has 2 aromatic rings. The number of methoxy groups -OCH3 is 2. The summed E-state index contributed by atoms with van der Waals surface area (Å²) in [5, 5.41) is 0. The van der Waals surface area contributed by atoms with Crippen LogP contribution in [0.25, 0.3) is 0 Å². The van der Waals surface area contributed by atoms with Crippen LogP contribution in [0, 0.1) is 0 Å². The van der Waals surface area contributed by atoms with Crippen molar-refractivity contribution in [2.75, 3.05) is 20.8 Å². The lowest BCUT2D eigenvalue weighted by molar-refractivity contribution is 0.0504. The van der Waals surface area contributed by atoms with Crippen molar-refractivity contribution in [2.24, 2.45) is 0 Å². The second-order valence-corrected chi connectivity index (χ2v) is 5.12. The molecule has 0 atom stereocenters. The maximum atomic E-state index is 12.2. The van der Waals surface area contributed by atoms with Crippen molar-refractivity contribution >= 4 is 11.9 Å². The highest BCUT2D eigenvalue weighted by molar-refractivity contribution is 5.93. The molecule has 6 heteroatoms. The summed E-state index contributed by atoms with van der Waals surface area (Å²) in [5.41, 5.74) is 0.698. The van der Waals surface area contributed by atoms with Crippen molar-refractivity contribution in [3.8, 4) is 17.2 Å². The molecular formula is C19H20O6. The molecule has 0 unspecified atom stereocenters. The molecule has 0 aliphatic carbocycles. The van der Waals surface area contributed by atoms with E-state index in [9.17, 15) is 9.59 Å². The Balaban J connectivity index is 2.15. The summed E-state index contributed by atoms with van der Waals surface area (Å²) in [4.78, 5) is 24.1. The van der Waals surface area contributed by atoms with Gasteiger partial charge in [0, 0.05) is 0 Å². The molecule has 6 nitrogen and oxygen atoms in total. The minimum atomic E-state index is -0.540. The minimum Gasteiger partial charge on any atom is -0.497 e. The Morgan fingerprint density at radius 1 is 0.840 bits per heavy atom. The van der Waals surface area contributed by atoms with Crippen LogP contribution in [-0.4, -0.2) is 32.8 Å². The van der Waals surface area contributed by atoms with Crippen molar-refractivity contribution in [3.05, 3.63) is 53.6 Å². The number of ether oxygens (including phenoxy) is 4. The van der Waals surface area contributed by atoms with Crippen LogP contribution >= 0.6 is 0 Å². The van der Waals surface area contributed by atoms with E-state index in [1.807, 2.05) is 6.92 Å². The first-order valence-electron chi connectivity index (χ1n) is 7.80. The first kappa shape index (κ1) is 18.3. The molecule has 0 saturated carbocycles. The molecule has 0 fully saturated rings. The Morgan fingerprint density at radius 2 is 1.52 bits per heavy atom. The second kappa shape index (κ2) is 8.73. The van der Waals surface area contributed by atoms with Gasteiger partial charge in [-0.3, -0.25) is 0 Å². The molecule has 0 bridgehead atoms. The maximum Gasteiger partial charge on any atom is 0.343 e. The van der Waals surface area contributed by atoms with Crippen molar-refractivity contribution in [3.63, 3.8) is 0 Å². The molecule has 0 saturated heterocycles. The summed E-state index contributed by atoms with van der Waals surface area (Å²) >= 11 is 0. The molecule has 0 aliphatic heterocycles. The summed E-state index contributed by atoms with van der Waals surface area (Å²) in [7, 11) is 2.98. The predicted octanol–water partition coefficient (Wildman–Crippen LogP) is 3.49. The van der Waals surface area contributed by atoms with Gasteiger partial charge in [-0.1, -0.05) is 6.92 Å². The highest BCUT2D eigenvalue weighted by atomic mass is 16.6. The highest BCUT2D eigenvalue weighted by Crippen LogP contribution is 2.29. The van der Waals surface area contributed by atoms with Crippen molar-refractivity contribution in [1.29, 1.82) is 0 Å². The van der Waals surface area contributed by atoms with Crippen LogP contribution in [0.1, 0.15) is 34.1 Å². The summed E-state index contributed by atoms with van der Waals surface area (Å²) in [6.45, 7) is 2.25. The molecule has 0 N–H and O–H groups in total. The molecular weight excluding hydrogens is 324 g/mol. The fourth-order valence-electron chi connectivity index (χ4n) is 2.04. The quantitative estimate of drug-likeness (QED) is 0.566. The Hall–Kier alpha value is -3.02. The number of hydrogen-bond donors (Lipinski definition) is 0. The number of benzene rings is 2. The standard InChI is InChI=1S/C19H20O6/c1-4-11-24-18(20)14-7-10-16(17(12-14)23-3)25-19(21)13-5-8-15(22-2)9-6-13/h5-10,12H,4,11H2,1-3H3. The van der Waals surface area contributed by atoms with E-state index in [2.05, 4.69) is 0 Å². The molecule has 0 aromatic heterocycles. The van der Waals surface area contributed by atoms with Crippen molar-refractivity contribution in [2.45, 2.75) is 13.3 Å². The summed E-state index contributed by atoms with van der Waals surface area (Å²) in [6.07, 6.45) is 0.737. The summed E-state index contributed by atoms with van der Waals surface area (Å²) in [6, 6.07) is 11.0. The number of rotatable bonds is 7. The zero-order valence-corrected chi connectivity index (χ0v) is 14.4. The van der Waals surface area contributed by atoms with Crippen LogP contribution in [0.15, 0.2) is 42.5 Å². The van der Waals surface area contributed by atoms with E-state index in [0.717, 1.165) is 6.42 Å². The predicted molar refractivity (Wildman–Crippen MR) is 91.5 cm³/mol. The van der Waals surface area contributed by atoms with Gasteiger partial charge < -0.3 is 18.9 Å². The lowest BCUT2D eigenvalue weighted by Gasteiger charge is -2.11. The normalized spacial score (nSPS) is 10.0. The SMILES string of the molecule is CCCOC(=O)c1ccc(OC(=O)c2ccc(OC)cc2)c(OC)c1. The van der Waals surface area contributed by atoms with Gasteiger partial charge in [-0.15, -0.1) is 0 Å². The van der Waals surface area contributed by atoms with Gasteiger partial charge in [0.05, 0.1) is 32.0 Å². The van der Waals surface area contributed by atoms with Gasteiger partial charge in [0.1, 0.15) is 5.75 Å². The Bertz CT molecular complexity index is 736. The van der Waals surface area contributed by atoms with E-state index in [1.54, 1.807) is 31.4 Å². The van der Waals surface area contributed by atoms with Crippen LogP contribution < -0.4 is 14.2 Å². The molecule has 132 valence electrons. The van der Waals surface area contributed by atoms with Gasteiger partial charge in [0.2, 0.25) is 0 Å². The smallest absolute Gasteiger partial charge is 0.343 e. The number of esters is 2. The number of carbonyl (C=O) groups excluding carboxylic acids is 2. The van der Waals surface area contributed by atoms with Crippen LogP contribution in [-0.2, 0) is 4.74 Å². The third-order valence-electron chi connectivity index (χ3n) is 3.36. The first-order valence-corrected chi connectivity index (χ1v) is 7.80. The highest BCUT2D eigenvalue weighted by Gasteiger charge is 2.16. The minimum absolute atomic E-state index is 0.218. The zero-order chi connectivity index (χ0) is 18.2. The average Bonchev–Trinajstić information content (AvgIpc) is 2.66. The Labute approximate surface area is 146 Å². The van der Waals surface area contributed by atoms with Gasteiger partial charge in [-0.05, 0) is 48.9 Å². The summed E-state index contributed by atoms with van der Waals surface area (Å²) < 4.78 is 20.7. The number of carbonyl (C=O) groups is 2. The monoisotopic (exact) mass is 344 g/mol. The van der Waals surface area contributed by atoms with E-state index >= 15 is 0 Å².